The fourth-order valence-electron chi connectivity index (χ4n) is 2.12. The van der Waals surface area contributed by atoms with Gasteiger partial charge in [-0.2, -0.15) is 13.2 Å². The van der Waals surface area contributed by atoms with Crippen molar-refractivity contribution in [3.8, 4) is 0 Å². The lowest BCUT2D eigenvalue weighted by atomic mass is 9.93. The number of pyridine rings is 1. The molecule has 1 aliphatic carbocycles. The number of rotatable bonds is 1. The Labute approximate surface area is 95.3 Å². The smallest absolute Gasteiger partial charge is 0.302 e. The molecule has 3 nitrogen and oxygen atoms in total. The van der Waals surface area contributed by atoms with Crippen molar-refractivity contribution >= 4 is 11.2 Å². The molecule has 1 aliphatic rings. The fraction of sp³-hybridized carbons (Fsp3) is 0.455. The van der Waals surface area contributed by atoms with Crippen LogP contribution in [0.5, 0.6) is 0 Å². The van der Waals surface area contributed by atoms with Gasteiger partial charge in [0.05, 0.1) is 0 Å². The predicted molar refractivity (Wildman–Crippen MR) is 55.4 cm³/mol. The lowest BCUT2D eigenvalue weighted by molar-refractivity contribution is -0.148. The van der Waals surface area contributed by atoms with E-state index in [4.69, 9.17) is 0 Å². The van der Waals surface area contributed by atoms with E-state index in [2.05, 4.69) is 9.97 Å². The number of hydrogen-bond donors (Lipinski definition) is 0. The number of hydrogen-bond acceptors (Lipinski definition) is 2. The lowest BCUT2D eigenvalue weighted by Gasteiger charge is -2.28. The van der Waals surface area contributed by atoms with E-state index < -0.39 is 12.0 Å². The summed E-state index contributed by atoms with van der Waals surface area (Å²) in [7, 11) is 0. The molecule has 3 rings (SSSR count). The SMILES string of the molecule is FC(F)(F)c1nc2cccnc2n1C1CCC1. The summed E-state index contributed by atoms with van der Waals surface area (Å²) in [6.07, 6.45) is -0.416. The van der Waals surface area contributed by atoms with Crippen LogP contribution in [0.4, 0.5) is 13.2 Å². The molecule has 6 heteroatoms. The second kappa shape index (κ2) is 3.45. The van der Waals surface area contributed by atoms with Crippen molar-refractivity contribution in [1.82, 2.24) is 14.5 Å². The Morgan fingerprint density at radius 2 is 2.06 bits per heavy atom. The van der Waals surface area contributed by atoms with E-state index in [-0.39, 0.29) is 6.04 Å². The first-order valence-corrected chi connectivity index (χ1v) is 5.47. The highest BCUT2D eigenvalue weighted by molar-refractivity contribution is 5.71. The Balaban J connectivity index is 2.25. The molecule has 17 heavy (non-hydrogen) atoms. The van der Waals surface area contributed by atoms with Gasteiger partial charge in [0.15, 0.2) is 5.65 Å². The van der Waals surface area contributed by atoms with Gasteiger partial charge < -0.3 is 4.57 Å². The van der Waals surface area contributed by atoms with Crippen LogP contribution >= 0.6 is 0 Å². The van der Waals surface area contributed by atoms with Gasteiger partial charge in [-0.05, 0) is 31.4 Å². The largest absolute Gasteiger partial charge is 0.449 e. The highest BCUT2D eigenvalue weighted by Crippen LogP contribution is 2.39. The number of alkyl halides is 3. The summed E-state index contributed by atoms with van der Waals surface area (Å²) in [4.78, 5) is 7.68. The number of fused-ring (bicyclic) bond motifs is 1. The van der Waals surface area contributed by atoms with E-state index in [1.165, 1.54) is 10.8 Å². The van der Waals surface area contributed by atoms with Gasteiger partial charge in [-0.25, -0.2) is 9.97 Å². The van der Waals surface area contributed by atoms with E-state index in [0.717, 1.165) is 19.3 Å². The van der Waals surface area contributed by atoms with Crippen LogP contribution in [0.25, 0.3) is 11.2 Å². The molecular weight excluding hydrogens is 231 g/mol. The fourth-order valence-corrected chi connectivity index (χ4v) is 2.12. The maximum Gasteiger partial charge on any atom is 0.449 e. The van der Waals surface area contributed by atoms with Gasteiger partial charge in [0.25, 0.3) is 0 Å². The Kier molecular flexibility index (Phi) is 2.14. The van der Waals surface area contributed by atoms with Gasteiger partial charge in [0.1, 0.15) is 5.52 Å². The molecule has 0 spiro atoms. The minimum atomic E-state index is -4.42. The maximum atomic E-state index is 12.9. The van der Waals surface area contributed by atoms with Crippen molar-refractivity contribution in [1.29, 1.82) is 0 Å². The average Bonchev–Trinajstić information content (AvgIpc) is 2.55. The van der Waals surface area contributed by atoms with Crippen LogP contribution in [0.15, 0.2) is 18.3 Å². The summed E-state index contributed by atoms with van der Waals surface area (Å²) in [6.45, 7) is 0. The first kappa shape index (κ1) is 10.6. The summed E-state index contributed by atoms with van der Waals surface area (Å²) < 4.78 is 39.9. The van der Waals surface area contributed by atoms with Crippen LogP contribution < -0.4 is 0 Å². The van der Waals surface area contributed by atoms with E-state index >= 15 is 0 Å². The zero-order valence-electron chi connectivity index (χ0n) is 8.91. The third kappa shape index (κ3) is 1.59. The van der Waals surface area contributed by atoms with E-state index in [1.807, 2.05) is 0 Å². The first-order chi connectivity index (χ1) is 8.07. The highest BCUT2D eigenvalue weighted by Gasteiger charge is 2.40. The second-order valence-electron chi connectivity index (χ2n) is 4.23. The van der Waals surface area contributed by atoms with Crippen LogP contribution in [-0.4, -0.2) is 14.5 Å². The van der Waals surface area contributed by atoms with Gasteiger partial charge in [-0.15, -0.1) is 0 Å². The van der Waals surface area contributed by atoms with E-state index in [9.17, 15) is 13.2 Å². The van der Waals surface area contributed by atoms with Crippen molar-refractivity contribution in [3.63, 3.8) is 0 Å². The predicted octanol–water partition coefficient (Wildman–Crippen LogP) is 3.18. The molecule has 0 radical (unpaired) electrons. The van der Waals surface area contributed by atoms with E-state index in [1.54, 1.807) is 12.1 Å². The molecule has 0 unspecified atom stereocenters. The van der Waals surface area contributed by atoms with Crippen molar-refractivity contribution < 1.29 is 13.2 Å². The van der Waals surface area contributed by atoms with Crippen molar-refractivity contribution in [2.24, 2.45) is 0 Å². The van der Waals surface area contributed by atoms with Crippen LogP contribution in [0, 0.1) is 0 Å². The molecule has 0 aromatic carbocycles. The average molecular weight is 241 g/mol. The van der Waals surface area contributed by atoms with Gasteiger partial charge >= 0.3 is 6.18 Å². The zero-order valence-corrected chi connectivity index (χ0v) is 8.91. The third-order valence-electron chi connectivity index (χ3n) is 3.14. The molecule has 1 fully saturated rings. The number of nitrogens with zero attached hydrogens (tertiary/aromatic N) is 3. The number of halogens is 3. The normalized spacial score (nSPS) is 17.4. The standard InChI is InChI=1S/C11H10F3N3/c12-11(13,14)10-16-8-5-2-6-15-9(8)17(10)7-3-1-4-7/h2,5-7H,1,3-4H2. The Morgan fingerprint density at radius 1 is 1.29 bits per heavy atom. The van der Waals surface area contributed by atoms with Crippen LogP contribution in [-0.2, 0) is 6.18 Å². The molecule has 2 aromatic heterocycles. The van der Waals surface area contributed by atoms with E-state index in [0.29, 0.717) is 11.2 Å². The van der Waals surface area contributed by atoms with Gasteiger partial charge in [0.2, 0.25) is 5.82 Å². The quantitative estimate of drug-likeness (QED) is 0.767. The van der Waals surface area contributed by atoms with Crippen molar-refractivity contribution in [2.45, 2.75) is 31.5 Å². The molecule has 90 valence electrons. The molecule has 0 atom stereocenters. The Morgan fingerprint density at radius 3 is 2.65 bits per heavy atom. The van der Waals surface area contributed by atoms with Crippen molar-refractivity contribution in [2.75, 3.05) is 0 Å². The maximum absolute atomic E-state index is 12.9. The number of aromatic nitrogens is 3. The molecular formula is C11H10F3N3. The Hall–Kier alpha value is -1.59. The van der Waals surface area contributed by atoms with Gasteiger partial charge in [-0.3, -0.25) is 0 Å². The lowest BCUT2D eigenvalue weighted by Crippen LogP contribution is -2.23. The molecule has 0 saturated heterocycles. The zero-order chi connectivity index (χ0) is 12.0. The highest BCUT2D eigenvalue weighted by atomic mass is 19.4. The van der Waals surface area contributed by atoms with Gasteiger partial charge in [-0.1, -0.05) is 0 Å². The summed E-state index contributed by atoms with van der Waals surface area (Å²) in [6, 6.07) is 3.05. The summed E-state index contributed by atoms with van der Waals surface area (Å²) in [5.41, 5.74) is 0.649. The number of imidazole rings is 1. The molecule has 0 bridgehead atoms. The molecule has 0 aliphatic heterocycles. The molecule has 0 N–H and O–H groups in total. The van der Waals surface area contributed by atoms with Crippen LogP contribution in [0.2, 0.25) is 0 Å². The first-order valence-electron chi connectivity index (χ1n) is 5.47. The third-order valence-corrected chi connectivity index (χ3v) is 3.14. The Bertz CT molecular complexity index is 555. The molecule has 2 aromatic rings. The summed E-state index contributed by atoms with van der Waals surface area (Å²) in [5, 5.41) is 0. The topological polar surface area (TPSA) is 30.7 Å². The molecule has 2 heterocycles. The molecule has 0 amide bonds. The molecule has 1 saturated carbocycles. The van der Waals surface area contributed by atoms with Crippen molar-refractivity contribution in [3.05, 3.63) is 24.2 Å². The summed E-state index contributed by atoms with van der Waals surface area (Å²) in [5.74, 6) is -0.823. The van der Waals surface area contributed by atoms with Crippen LogP contribution in [0.3, 0.4) is 0 Å². The second-order valence-corrected chi connectivity index (χ2v) is 4.23. The summed E-state index contributed by atoms with van der Waals surface area (Å²) >= 11 is 0. The minimum absolute atomic E-state index is 0.105. The van der Waals surface area contributed by atoms with Crippen LogP contribution in [0.1, 0.15) is 31.1 Å². The minimum Gasteiger partial charge on any atom is -0.302 e. The van der Waals surface area contributed by atoms with Gasteiger partial charge in [0, 0.05) is 12.2 Å². The monoisotopic (exact) mass is 241 g/mol.